The minimum absolute atomic E-state index is 0.00598. The highest BCUT2D eigenvalue weighted by Gasteiger charge is 2.29. The summed E-state index contributed by atoms with van der Waals surface area (Å²) in [4.78, 5) is 0.233. The van der Waals surface area contributed by atoms with Crippen LogP contribution in [0.3, 0.4) is 0 Å². The van der Waals surface area contributed by atoms with Gasteiger partial charge in [0.2, 0.25) is 10.0 Å². The van der Waals surface area contributed by atoms with Gasteiger partial charge in [0.15, 0.2) is 0 Å². The van der Waals surface area contributed by atoms with E-state index in [4.69, 9.17) is 0 Å². The van der Waals surface area contributed by atoms with Crippen LogP contribution in [0, 0.1) is 12.8 Å². The first-order valence-electron chi connectivity index (χ1n) is 9.31. The molecule has 0 atom stereocenters. The minimum Gasteiger partial charge on any atom is -0.283 e. The highest BCUT2D eigenvalue weighted by atomic mass is 32.2. The number of benzene rings is 2. The third kappa shape index (κ3) is 4.50. The van der Waals surface area contributed by atoms with Crippen LogP contribution in [-0.2, 0) is 26.5 Å². The van der Waals surface area contributed by atoms with E-state index in [1.165, 1.54) is 4.31 Å². The molecule has 1 heterocycles. The first-order valence-corrected chi connectivity index (χ1v) is 12.4. The van der Waals surface area contributed by atoms with Gasteiger partial charge in [0, 0.05) is 6.54 Å². The molecule has 0 aromatic heterocycles. The summed E-state index contributed by atoms with van der Waals surface area (Å²) < 4.78 is 54.9. The van der Waals surface area contributed by atoms with Gasteiger partial charge in [0.1, 0.15) is 0 Å². The molecule has 0 aliphatic carbocycles. The van der Waals surface area contributed by atoms with Crippen LogP contribution in [0.1, 0.15) is 31.4 Å². The molecule has 1 aliphatic rings. The number of aryl methyl sites for hydroxylation is 2. The molecule has 2 aromatic carbocycles. The van der Waals surface area contributed by atoms with Gasteiger partial charge in [-0.1, -0.05) is 37.6 Å². The first kappa shape index (κ1) is 20.7. The summed E-state index contributed by atoms with van der Waals surface area (Å²) >= 11 is 0. The van der Waals surface area contributed by atoms with Gasteiger partial charge in [-0.15, -0.1) is 0 Å². The normalized spacial score (nSPS) is 14.8. The van der Waals surface area contributed by atoms with E-state index in [0.29, 0.717) is 17.9 Å². The van der Waals surface area contributed by atoms with Crippen LogP contribution in [-0.4, -0.2) is 29.1 Å². The molecule has 1 N–H and O–H groups in total. The Balaban J connectivity index is 1.97. The Morgan fingerprint density at radius 2 is 1.71 bits per heavy atom. The number of nitrogens with zero attached hydrogens (tertiary/aromatic N) is 1. The lowest BCUT2D eigenvalue weighted by molar-refractivity contribution is 0.586. The Morgan fingerprint density at radius 1 is 1.04 bits per heavy atom. The second kappa shape index (κ2) is 7.75. The van der Waals surface area contributed by atoms with E-state index < -0.39 is 20.0 Å². The van der Waals surface area contributed by atoms with Crippen molar-refractivity contribution >= 4 is 31.4 Å². The Labute approximate surface area is 167 Å². The van der Waals surface area contributed by atoms with Gasteiger partial charge in [-0.2, -0.15) is 0 Å². The number of hydrogen-bond acceptors (Lipinski definition) is 4. The van der Waals surface area contributed by atoms with Crippen molar-refractivity contribution < 1.29 is 16.8 Å². The van der Waals surface area contributed by atoms with Crippen LogP contribution in [0.5, 0.6) is 0 Å². The molecular formula is C20H26N2O4S2. The zero-order valence-electron chi connectivity index (χ0n) is 16.3. The smallest absolute Gasteiger partial charge is 0.264 e. The molecule has 8 heteroatoms. The maximum absolute atomic E-state index is 13.2. The van der Waals surface area contributed by atoms with Crippen molar-refractivity contribution in [1.82, 2.24) is 0 Å². The third-order valence-corrected chi connectivity index (χ3v) is 8.08. The van der Waals surface area contributed by atoms with E-state index in [9.17, 15) is 16.8 Å². The molecule has 0 saturated carbocycles. The van der Waals surface area contributed by atoms with Gasteiger partial charge in [-0.05, 0) is 55.5 Å². The summed E-state index contributed by atoms with van der Waals surface area (Å²) in [5.41, 5.74) is 2.80. The zero-order chi connectivity index (χ0) is 20.5. The summed E-state index contributed by atoms with van der Waals surface area (Å²) in [6.45, 7) is 5.94. The van der Waals surface area contributed by atoms with Crippen LogP contribution < -0.4 is 9.03 Å². The van der Waals surface area contributed by atoms with Gasteiger partial charge >= 0.3 is 0 Å². The Hall–Kier alpha value is -2.06. The van der Waals surface area contributed by atoms with Crippen molar-refractivity contribution in [1.29, 1.82) is 0 Å². The molecule has 0 saturated heterocycles. The standard InChI is InChI=1S/C20H26N2O4S2/c1-15(2)14-27(23,24)21-18-9-8-17-5-4-12-22(20(17)13-18)28(25,26)19-10-6-16(3)7-11-19/h6-11,13,15,21H,4-5,12,14H2,1-3H3. The lowest BCUT2D eigenvalue weighted by Gasteiger charge is -2.31. The summed E-state index contributed by atoms with van der Waals surface area (Å²) in [5.74, 6) is 0.00341. The van der Waals surface area contributed by atoms with E-state index in [-0.39, 0.29) is 16.6 Å². The molecule has 0 spiro atoms. The average molecular weight is 423 g/mol. The molecule has 0 unspecified atom stereocenters. The molecule has 0 amide bonds. The largest absolute Gasteiger partial charge is 0.283 e. The van der Waals surface area contributed by atoms with Crippen LogP contribution in [0.2, 0.25) is 0 Å². The molecule has 0 radical (unpaired) electrons. The van der Waals surface area contributed by atoms with Gasteiger partial charge < -0.3 is 0 Å². The van der Waals surface area contributed by atoms with Crippen LogP contribution in [0.25, 0.3) is 0 Å². The molecule has 1 aliphatic heterocycles. The van der Waals surface area contributed by atoms with Gasteiger partial charge in [-0.3, -0.25) is 9.03 Å². The highest BCUT2D eigenvalue weighted by molar-refractivity contribution is 7.93. The quantitative estimate of drug-likeness (QED) is 0.772. The molecule has 6 nitrogen and oxygen atoms in total. The molecule has 28 heavy (non-hydrogen) atoms. The van der Waals surface area contributed by atoms with Crippen molar-refractivity contribution in [3.05, 3.63) is 53.6 Å². The number of nitrogens with one attached hydrogen (secondary N) is 1. The van der Waals surface area contributed by atoms with Gasteiger partial charge in [0.05, 0.1) is 22.0 Å². The fraction of sp³-hybridized carbons (Fsp3) is 0.400. The first-order chi connectivity index (χ1) is 13.1. The lowest BCUT2D eigenvalue weighted by atomic mass is 10.0. The number of hydrogen-bond donors (Lipinski definition) is 1. The van der Waals surface area contributed by atoms with E-state index in [1.807, 2.05) is 20.8 Å². The maximum Gasteiger partial charge on any atom is 0.264 e. The average Bonchev–Trinajstić information content (AvgIpc) is 2.60. The van der Waals surface area contributed by atoms with Gasteiger partial charge in [-0.25, -0.2) is 16.8 Å². The number of sulfonamides is 2. The lowest BCUT2D eigenvalue weighted by Crippen LogP contribution is -2.35. The summed E-state index contributed by atoms with van der Waals surface area (Å²) in [6, 6.07) is 11.9. The summed E-state index contributed by atoms with van der Waals surface area (Å²) in [6.07, 6.45) is 1.48. The van der Waals surface area contributed by atoms with Crippen LogP contribution >= 0.6 is 0 Å². The Kier molecular flexibility index (Phi) is 5.72. The Morgan fingerprint density at radius 3 is 2.36 bits per heavy atom. The summed E-state index contributed by atoms with van der Waals surface area (Å²) in [5, 5.41) is 0. The molecule has 2 aromatic rings. The fourth-order valence-electron chi connectivity index (χ4n) is 3.35. The van der Waals surface area contributed by atoms with E-state index in [2.05, 4.69) is 4.72 Å². The Bertz CT molecular complexity index is 1060. The fourth-order valence-corrected chi connectivity index (χ4v) is 6.33. The van der Waals surface area contributed by atoms with Crippen molar-refractivity contribution in [2.75, 3.05) is 21.3 Å². The summed E-state index contributed by atoms with van der Waals surface area (Å²) in [7, 11) is -7.20. The molecule has 3 rings (SSSR count). The predicted molar refractivity (Wildman–Crippen MR) is 113 cm³/mol. The van der Waals surface area contributed by atoms with E-state index >= 15 is 0 Å². The van der Waals surface area contributed by atoms with Crippen molar-refractivity contribution in [3.63, 3.8) is 0 Å². The third-order valence-electron chi connectivity index (χ3n) is 4.60. The van der Waals surface area contributed by atoms with Crippen molar-refractivity contribution in [2.45, 2.75) is 38.5 Å². The van der Waals surface area contributed by atoms with Crippen LogP contribution in [0.4, 0.5) is 11.4 Å². The SMILES string of the molecule is Cc1ccc(S(=O)(=O)N2CCCc3ccc(NS(=O)(=O)CC(C)C)cc32)cc1. The molecular weight excluding hydrogens is 396 g/mol. The highest BCUT2D eigenvalue weighted by Crippen LogP contribution is 2.34. The second-order valence-electron chi connectivity index (χ2n) is 7.61. The molecule has 152 valence electrons. The van der Waals surface area contributed by atoms with E-state index in [1.54, 1.807) is 42.5 Å². The van der Waals surface area contributed by atoms with E-state index in [0.717, 1.165) is 24.0 Å². The maximum atomic E-state index is 13.2. The monoisotopic (exact) mass is 422 g/mol. The number of rotatable bonds is 6. The number of anilines is 2. The topological polar surface area (TPSA) is 83.6 Å². The van der Waals surface area contributed by atoms with Crippen molar-refractivity contribution in [2.24, 2.45) is 5.92 Å². The zero-order valence-corrected chi connectivity index (χ0v) is 18.0. The van der Waals surface area contributed by atoms with Crippen molar-refractivity contribution in [3.8, 4) is 0 Å². The van der Waals surface area contributed by atoms with Gasteiger partial charge in [0.25, 0.3) is 10.0 Å². The molecule has 0 bridgehead atoms. The predicted octanol–water partition coefficient (Wildman–Crippen LogP) is 3.53. The second-order valence-corrected chi connectivity index (χ2v) is 11.2. The number of fused-ring (bicyclic) bond motifs is 1. The minimum atomic E-state index is -3.72. The molecule has 0 fully saturated rings. The van der Waals surface area contributed by atoms with Crippen LogP contribution in [0.15, 0.2) is 47.4 Å².